The third-order valence-electron chi connectivity index (χ3n) is 5.26. The maximum absolute atomic E-state index is 10.0. The summed E-state index contributed by atoms with van der Waals surface area (Å²) in [4.78, 5) is 0. The quantitative estimate of drug-likeness (QED) is 0.415. The summed E-state index contributed by atoms with van der Waals surface area (Å²) in [5, 5.41) is 33.0. The topological polar surface area (TPSA) is 72.7 Å². The average molecular weight is 330 g/mol. The third-order valence-corrected chi connectivity index (χ3v) is 5.26. The van der Waals surface area contributed by atoms with E-state index in [9.17, 15) is 15.3 Å². The van der Waals surface area contributed by atoms with Crippen LogP contribution in [-0.4, -0.2) is 46.2 Å². The minimum atomic E-state index is -1.02. The van der Waals surface area contributed by atoms with Gasteiger partial charge in [-0.1, -0.05) is 71.6 Å². The second-order valence-corrected chi connectivity index (χ2v) is 7.43. The molecule has 5 atom stereocenters. The average Bonchev–Trinajstić information content (AvgIpc) is 2.55. The van der Waals surface area contributed by atoms with Crippen molar-refractivity contribution in [3.05, 3.63) is 0 Å². The summed E-state index contributed by atoms with van der Waals surface area (Å²) in [6, 6.07) is -0.0954. The van der Waals surface area contributed by atoms with Crippen molar-refractivity contribution in [3.8, 4) is 0 Å². The van der Waals surface area contributed by atoms with Crippen LogP contribution in [-0.2, 0) is 0 Å². The van der Waals surface area contributed by atoms with E-state index < -0.39 is 18.3 Å². The van der Waals surface area contributed by atoms with Crippen LogP contribution in [0.25, 0.3) is 0 Å². The van der Waals surface area contributed by atoms with Crippen molar-refractivity contribution >= 4 is 0 Å². The van der Waals surface area contributed by atoms with Crippen LogP contribution in [0.1, 0.15) is 84.5 Å². The van der Waals surface area contributed by atoms with Gasteiger partial charge in [-0.25, -0.2) is 0 Å². The Kier molecular flexibility index (Phi) is 11.1. The molecule has 4 nitrogen and oxygen atoms in total. The fraction of sp³-hybridized carbons (Fsp3) is 1.00. The van der Waals surface area contributed by atoms with Crippen LogP contribution in [0.3, 0.4) is 0 Å². The maximum Gasteiger partial charge on any atom is 0.107 e. The van der Waals surface area contributed by atoms with Gasteiger partial charge < -0.3 is 20.6 Å². The van der Waals surface area contributed by atoms with Gasteiger partial charge in [0.2, 0.25) is 0 Å². The van der Waals surface area contributed by atoms with E-state index in [1.54, 1.807) is 0 Å². The molecule has 1 fully saturated rings. The monoisotopic (exact) mass is 329 g/mol. The van der Waals surface area contributed by atoms with Crippen LogP contribution in [0.15, 0.2) is 0 Å². The van der Waals surface area contributed by atoms with Crippen molar-refractivity contribution in [3.63, 3.8) is 0 Å². The van der Waals surface area contributed by atoms with Gasteiger partial charge in [0, 0.05) is 6.04 Å². The molecule has 0 bridgehead atoms. The van der Waals surface area contributed by atoms with E-state index in [-0.39, 0.29) is 12.0 Å². The Balaban J connectivity index is 1.96. The first-order chi connectivity index (χ1) is 11.1. The number of hydrogen-bond donors (Lipinski definition) is 4. The summed E-state index contributed by atoms with van der Waals surface area (Å²) in [6.07, 6.45) is 11.2. The molecule has 23 heavy (non-hydrogen) atoms. The number of aliphatic hydroxyl groups excluding tert-OH is 3. The van der Waals surface area contributed by atoms with Gasteiger partial charge in [0.1, 0.15) is 6.10 Å². The molecule has 0 aromatic carbocycles. The fourth-order valence-corrected chi connectivity index (χ4v) is 3.56. The molecule has 0 heterocycles. The molecule has 0 saturated heterocycles. The summed E-state index contributed by atoms with van der Waals surface area (Å²) >= 11 is 0. The lowest BCUT2D eigenvalue weighted by molar-refractivity contribution is -0.119. The molecule has 1 rings (SSSR count). The van der Waals surface area contributed by atoms with Crippen LogP contribution < -0.4 is 5.32 Å². The van der Waals surface area contributed by atoms with Gasteiger partial charge in [0.25, 0.3) is 0 Å². The van der Waals surface area contributed by atoms with E-state index >= 15 is 0 Å². The second-order valence-electron chi connectivity index (χ2n) is 7.43. The Labute approximate surface area is 142 Å². The van der Waals surface area contributed by atoms with Crippen molar-refractivity contribution in [2.24, 2.45) is 5.92 Å². The highest BCUT2D eigenvalue weighted by Gasteiger charge is 2.40. The summed E-state index contributed by atoms with van der Waals surface area (Å²) in [6.45, 7) is 5.06. The van der Waals surface area contributed by atoms with Crippen molar-refractivity contribution in [2.45, 2.75) is 109 Å². The van der Waals surface area contributed by atoms with Gasteiger partial charge in [0.15, 0.2) is 0 Å². The highest BCUT2D eigenvalue weighted by molar-refractivity contribution is 4.94. The summed E-state index contributed by atoms with van der Waals surface area (Å²) in [5.74, 6) is 0.0265. The van der Waals surface area contributed by atoms with Crippen molar-refractivity contribution in [1.29, 1.82) is 0 Å². The summed E-state index contributed by atoms with van der Waals surface area (Å²) < 4.78 is 0. The highest BCUT2D eigenvalue weighted by atomic mass is 16.4. The smallest absolute Gasteiger partial charge is 0.107 e. The zero-order chi connectivity index (χ0) is 17.1. The van der Waals surface area contributed by atoms with Crippen LogP contribution in [0.4, 0.5) is 0 Å². The number of unbranched alkanes of at least 4 members (excludes halogenated alkanes) is 9. The van der Waals surface area contributed by atoms with E-state index in [0.717, 1.165) is 19.4 Å². The predicted octanol–water partition coefficient (Wildman–Crippen LogP) is 2.99. The molecule has 1 aliphatic rings. The first-order valence-corrected chi connectivity index (χ1v) is 9.85. The Morgan fingerprint density at radius 2 is 1.26 bits per heavy atom. The molecule has 1 aliphatic carbocycles. The van der Waals surface area contributed by atoms with Gasteiger partial charge in [0.05, 0.1) is 12.2 Å². The molecule has 0 aliphatic heterocycles. The Bertz CT molecular complexity index is 288. The van der Waals surface area contributed by atoms with E-state index in [0.29, 0.717) is 0 Å². The second kappa shape index (κ2) is 12.2. The number of hydrogen-bond acceptors (Lipinski definition) is 4. The predicted molar refractivity (Wildman–Crippen MR) is 95.4 cm³/mol. The SMILES string of the molecule is CCCCCCCCCCCCN[C@H]1C[C@@H](C)[C@@H](O)[C@@H](O)[C@@H]1O. The molecular formula is C19H39NO3. The van der Waals surface area contributed by atoms with E-state index in [4.69, 9.17) is 0 Å². The van der Waals surface area contributed by atoms with Gasteiger partial charge >= 0.3 is 0 Å². The number of nitrogens with one attached hydrogen (secondary N) is 1. The molecule has 4 N–H and O–H groups in total. The molecule has 0 amide bonds. The Morgan fingerprint density at radius 1 is 0.739 bits per heavy atom. The van der Waals surface area contributed by atoms with Crippen LogP contribution >= 0.6 is 0 Å². The van der Waals surface area contributed by atoms with Gasteiger partial charge in [-0.05, 0) is 25.3 Å². The summed E-state index contributed by atoms with van der Waals surface area (Å²) in [5.41, 5.74) is 0. The van der Waals surface area contributed by atoms with Crippen LogP contribution in [0.5, 0.6) is 0 Å². The molecule has 0 radical (unpaired) electrons. The fourth-order valence-electron chi connectivity index (χ4n) is 3.56. The zero-order valence-electron chi connectivity index (χ0n) is 15.2. The molecule has 1 saturated carbocycles. The first kappa shape index (κ1) is 20.9. The lowest BCUT2D eigenvalue weighted by Crippen LogP contribution is -2.57. The Hall–Kier alpha value is -0.160. The van der Waals surface area contributed by atoms with E-state index in [2.05, 4.69) is 12.2 Å². The minimum Gasteiger partial charge on any atom is -0.390 e. The lowest BCUT2D eigenvalue weighted by atomic mass is 9.80. The highest BCUT2D eigenvalue weighted by Crippen LogP contribution is 2.25. The van der Waals surface area contributed by atoms with Gasteiger partial charge in [-0.2, -0.15) is 0 Å². The maximum atomic E-state index is 10.0. The Morgan fingerprint density at radius 3 is 1.83 bits per heavy atom. The molecule has 138 valence electrons. The van der Waals surface area contributed by atoms with Crippen molar-refractivity contribution in [2.75, 3.05) is 6.54 Å². The number of aliphatic hydroxyl groups is 3. The van der Waals surface area contributed by atoms with E-state index in [1.807, 2.05) is 6.92 Å². The van der Waals surface area contributed by atoms with Gasteiger partial charge in [-0.15, -0.1) is 0 Å². The molecule has 0 unspecified atom stereocenters. The van der Waals surface area contributed by atoms with E-state index in [1.165, 1.54) is 57.8 Å². The molecular weight excluding hydrogens is 290 g/mol. The van der Waals surface area contributed by atoms with Crippen molar-refractivity contribution < 1.29 is 15.3 Å². The molecule has 0 aromatic heterocycles. The summed E-state index contributed by atoms with van der Waals surface area (Å²) in [7, 11) is 0. The third kappa shape index (κ3) is 7.97. The van der Waals surface area contributed by atoms with Crippen LogP contribution in [0, 0.1) is 5.92 Å². The standard InChI is InChI=1S/C19H39NO3/c1-3-4-5-6-7-8-9-10-11-12-13-20-16-14-15(2)17(21)19(23)18(16)22/h15-23H,3-14H2,1-2H3/t15-,16+,17-,18-,19-/m1/s1. The van der Waals surface area contributed by atoms with Crippen molar-refractivity contribution in [1.82, 2.24) is 5.32 Å². The zero-order valence-corrected chi connectivity index (χ0v) is 15.2. The molecule has 4 heteroatoms. The molecule has 0 aromatic rings. The number of rotatable bonds is 12. The lowest BCUT2D eigenvalue weighted by Gasteiger charge is -2.39. The van der Waals surface area contributed by atoms with Gasteiger partial charge in [-0.3, -0.25) is 0 Å². The normalized spacial score (nSPS) is 31.4. The molecule has 0 spiro atoms. The van der Waals surface area contributed by atoms with Crippen LogP contribution in [0.2, 0.25) is 0 Å². The first-order valence-electron chi connectivity index (χ1n) is 9.85. The minimum absolute atomic E-state index is 0.0265. The largest absolute Gasteiger partial charge is 0.390 e.